The number of amides is 1. The molecule has 3 N–H and O–H groups in total. The lowest BCUT2D eigenvalue weighted by atomic mass is 10.3. The number of pyridine rings is 2. The van der Waals surface area contributed by atoms with E-state index in [4.69, 9.17) is 40.5 Å². The molecular formula is C12H8Cl3N5O. The number of hydrogen-bond donors (Lipinski definition) is 2. The van der Waals surface area contributed by atoms with E-state index in [1.54, 1.807) is 24.4 Å². The molecule has 2 aromatic heterocycles. The van der Waals surface area contributed by atoms with Crippen LogP contribution in [0.1, 0.15) is 16.2 Å². The van der Waals surface area contributed by atoms with E-state index in [9.17, 15) is 4.79 Å². The topological polar surface area (TPSA) is 93.3 Å². The van der Waals surface area contributed by atoms with Crippen LogP contribution in [-0.2, 0) is 0 Å². The summed E-state index contributed by atoms with van der Waals surface area (Å²) in [5.41, 5.74) is 8.27. The van der Waals surface area contributed by atoms with Gasteiger partial charge in [-0.1, -0.05) is 40.9 Å². The van der Waals surface area contributed by atoms with Crippen molar-refractivity contribution >= 4 is 52.6 Å². The van der Waals surface area contributed by atoms with Crippen LogP contribution >= 0.6 is 34.8 Å². The number of nitrogen functional groups attached to an aromatic ring is 1. The third-order valence-corrected chi connectivity index (χ3v) is 3.47. The zero-order valence-corrected chi connectivity index (χ0v) is 12.6. The summed E-state index contributed by atoms with van der Waals surface area (Å²) in [6.07, 6.45) is 2.97. The molecule has 0 unspecified atom stereocenters. The predicted octanol–water partition coefficient (Wildman–Crippen LogP) is 2.78. The molecule has 21 heavy (non-hydrogen) atoms. The highest BCUT2D eigenvalue weighted by atomic mass is 35.5. The highest BCUT2D eigenvalue weighted by Gasteiger charge is 2.19. The van der Waals surface area contributed by atoms with Gasteiger partial charge in [0.25, 0.3) is 5.91 Å². The average Bonchev–Trinajstić information content (AvgIpc) is 2.49. The second-order valence-corrected chi connectivity index (χ2v) is 4.86. The van der Waals surface area contributed by atoms with Gasteiger partial charge >= 0.3 is 0 Å². The van der Waals surface area contributed by atoms with Gasteiger partial charge in [0.2, 0.25) is 0 Å². The molecule has 1 amide bonds. The van der Waals surface area contributed by atoms with Crippen molar-refractivity contribution in [3.05, 3.63) is 51.0 Å². The molecule has 0 saturated heterocycles. The standard InChI is InChI=1S/C12H8Cl3N5O/c13-7-9(16)8(14)11(15)19-10(7)12(21)20-18-5-6-3-1-2-4-17-6/h1-5H,(H2,16,19)(H,20,21). The number of aromatic nitrogens is 2. The van der Waals surface area contributed by atoms with Gasteiger partial charge in [-0.25, -0.2) is 10.4 Å². The Balaban J connectivity index is 2.16. The van der Waals surface area contributed by atoms with Crippen LogP contribution in [0.5, 0.6) is 0 Å². The summed E-state index contributed by atoms with van der Waals surface area (Å²) in [4.78, 5) is 19.7. The van der Waals surface area contributed by atoms with E-state index < -0.39 is 5.91 Å². The first-order valence-electron chi connectivity index (χ1n) is 5.55. The molecule has 0 fully saturated rings. The number of halogens is 3. The van der Waals surface area contributed by atoms with Crippen molar-refractivity contribution in [2.24, 2.45) is 5.10 Å². The highest BCUT2D eigenvalue weighted by Crippen LogP contribution is 2.34. The fourth-order valence-electron chi connectivity index (χ4n) is 1.34. The van der Waals surface area contributed by atoms with Crippen molar-refractivity contribution < 1.29 is 4.79 Å². The first-order valence-corrected chi connectivity index (χ1v) is 6.68. The molecule has 6 nitrogen and oxygen atoms in total. The number of nitrogens with zero attached hydrogens (tertiary/aromatic N) is 3. The molecule has 0 aliphatic carbocycles. The van der Waals surface area contributed by atoms with Gasteiger partial charge in [0.15, 0.2) is 10.8 Å². The third kappa shape index (κ3) is 3.60. The van der Waals surface area contributed by atoms with Gasteiger partial charge in [0.1, 0.15) is 5.02 Å². The van der Waals surface area contributed by atoms with E-state index in [1.165, 1.54) is 6.21 Å². The summed E-state index contributed by atoms with van der Waals surface area (Å²) in [5, 5.41) is 3.53. The van der Waals surface area contributed by atoms with Gasteiger partial charge in [-0.2, -0.15) is 5.10 Å². The van der Waals surface area contributed by atoms with E-state index in [0.717, 1.165) is 0 Å². The second-order valence-electron chi connectivity index (χ2n) is 3.75. The quantitative estimate of drug-likeness (QED) is 0.508. The lowest BCUT2D eigenvalue weighted by Crippen LogP contribution is -2.20. The number of anilines is 1. The maximum absolute atomic E-state index is 11.9. The van der Waals surface area contributed by atoms with Gasteiger partial charge in [-0.15, -0.1) is 0 Å². The van der Waals surface area contributed by atoms with Crippen LogP contribution in [-0.4, -0.2) is 22.1 Å². The van der Waals surface area contributed by atoms with E-state index >= 15 is 0 Å². The number of hydrogen-bond acceptors (Lipinski definition) is 5. The van der Waals surface area contributed by atoms with Gasteiger partial charge in [-0.3, -0.25) is 9.78 Å². The van der Waals surface area contributed by atoms with Crippen LogP contribution in [0.2, 0.25) is 15.2 Å². The van der Waals surface area contributed by atoms with E-state index in [1.807, 2.05) is 0 Å². The highest BCUT2D eigenvalue weighted by molar-refractivity contribution is 6.46. The minimum absolute atomic E-state index is 0.00444. The number of hydrazone groups is 1. The summed E-state index contributed by atoms with van der Waals surface area (Å²) in [5.74, 6) is -0.669. The molecule has 108 valence electrons. The molecule has 2 heterocycles. The molecule has 0 atom stereocenters. The summed E-state index contributed by atoms with van der Waals surface area (Å²) in [6.45, 7) is 0. The van der Waals surface area contributed by atoms with Crippen molar-refractivity contribution in [1.82, 2.24) is 15.4 Å². The minimum Gasteiger partial charge on any atom is -0.396 e. The maximum Gasteiger partial charge on any atom is 0.291 e. The monoisotopic (exact) mass is 343 g/mol. The summed E-state index contributed by atoms with van der Waals surface area (Å²) < 4.78 is 0. The third-order valence-electron chi connectivity index (χ3n) is 2.34. The number of carbonyl (C=O) groups is 1. The molecule has 0 saturated carbocycles. The van der Waals surface area contributed by atoms with Gasteiger partial charge in [0.05, 0.1) is 22.6 Å². The van der Waals surface area contributed by atoms with Gasteiger partial charge < -0.3 is 5.73 Å². The fraction of sp³-hybridized carbons (Fsp3) is 0. The number of carbonyl (C=O) groups excluding carboxylic acids is 1. The largest absolute Gasteiger partial charge is 0.396 e. The molecule has 0 spiro atoms. The van der Waals surface area contributed by atoms with E-state index in [0.29, 0.717) is 5.69 Å². The van der Waals surface area contributed by atoms with Crippen molar-refractivity contribution in [3.8, 4) is 0 Å². The number of nitrogens with one attached hydrogen (secondary N) is 1. The number of rotatable bonds is 3. The Labute approximate surface area is 134 Å². The summed E-state index contributed by atoms with van der Waals surface area (Å²) >= 11 is 17.4. The van der Waals surface area contributed by atoms with Crippen LogP contribution in [0.4, 0.5) is 5.69 Å². The minimum atomic E-state index is -0.669. The van der Waals surface area contributed by atoms with Gasteiger partial charge in [0, 0.05) is 6.20 Å². The fourth-order valence-corrected chi connectivity index (χ4v) is 1.94. The van der Waals surface area contributed by atoms with Crippen molar-refractivity contribution in [3.63, 3.8) is 0 Å². The van der Waals surface area contributed by atoms with Crippen LogP contribution in [0, 0.1) is 0 Å². The Hall–Kier alpha value is -1.89. The smallest absolute Gasteiger partial charge is 0.291 e. The SMILES string of the molecule is Nc1c(Cl)c(Cl)nc(C(=O)NN=Cc2ccccn2)c1Cl. The molecule has 0 aliphatic heterocycles. The molecule has 0 radical (unpaired) electrons. The Morgan fingerprint density at radius 3 is 2.71 bits per heavy atom. The molecule has 2 aromatic rings. The molecule has 9 heteroatoms. The summed E-state index contributed by atoms with van der Waals surface area (Å²) in [6, 6.07) is 5.27. The first-order chi connectivity index (χ1) is 10.0. The van der Waals surface area contributed by atoms with Crippen molar-refractivity contribution in [2.45, 2.75) is 0 Å². The van der Waals surface area contributed by atoms with Crippen molar-refractivity contribution in [1.29, 1.82) is 0 Å². The maximum atomic E-state index is 11.9. The van der Waals surface area contributed by atoms with Gasteiger partial charge in [-0.05, 0) is 12.1 Å². The van der Waals surface area contributed by atoms with Crippen LogP contribution in [0.15, 0.2) is 29.5 Å². The zero-order valence-electron chi connectivity index (χ0n) is 10.3. The average molecular weight is 345 g/mol. The molecule has 0 aliphatic rings. The molecule has 0 bridgehead atoms. The Kier molecular flexibility index (Phi) is 4.95. The first kappa shape index (κ1) is 15.5. The second kappa shape index (κ2) is 6.71. The molecular weight excluding hydrogens is 337 g/mol. The lowest BCUT2D eigenvalue weighted by molar-refractivity contribution is 0.0950. The Morgan fingerprint density at radius 1 is 1.29 bits per heavy atom. The molecule has 0 aromatic carbocycles. The number of nitrogens with two attached hydrogens (primary N) is 1. The normalized spacial score (nSPS) is 10.8. The van der Waals surface area contributed by atoms with Crippen LogP contribution in [0.3, 0.4) is 0 Å². The van der Waals surface area contributed by atoms with Crippen LogP contribution < -0.4 is 11.2 Å². The lowest BCUT2D eigenvalue weighted by Gasteiger charge is -2.07. The van der Waals surface area contributed by atoms with E-state index in [2.05, 4.69) is 20.5 Å². The molecule has 2 rings (SSSR count). The Bertz CT molecular complexity index is 706. The van der Waals surface area contributed by atoms with Crippen molar-refractivity contribution in [2.75, 3.05) is 5.73 Å². The van der Waals surface area contributed by atoms with Crippen LogP contribution in [0.25, 0.3) is 0 Å². The summed E-state index contributed by atoms with van der Waals surface area (Å²) in [7, 11) is 0. The predicted molar refractivity (Wildman–Crippen MR) is 83.0 cm³/mol. The zero-order chi connectivity index (χ0) is 15.4. The Morgan fingerprint density at radius 2 is 2.05 bits per heavy atom. The van der Waals surface area contributed by atoms with E-state index in [-0.39, 0.29) is 26.6 Å².